The van der Waals surface area contributed by atoms with E-state index in [4.69, 9.17) is 4.74 Å². The highest BCUT2D eigenvalue weighted by molar-refractivity contribution is 5.43. The Kier molecular flexibility index (Phi) is 4.07. The van der Waals surface area contributed by atoms with Gasteiger partial charge in [-0.3, -0.25) is 15.0 Å². The fourth-order valence-corrected chi connectivity index (χ4v) is 3.58. The van der Waals surface area contributed by atoms with Gasteiger partial charge in [-0.25, -0.2) is 0 Å². The molecule has 114 valence electrons. The highest BCUT2D eigenvalue weighted by atomic mass is 16.6. The predicted molar refractivity (Wildman–Crippen MR) is 79.5 cm³/mol. The number of nitro benzene ring substituents is 1. The Bertz CT molecular complexity index is 535. The molecule has 0 bridgehead atoms. The molecule has 1 aromatic carbocycles. The average molecular weight is 291 g/mol. The van der Waals surface area contributed by atoms with Crippen molar-refractivity contribution in [2.24, 2.45) is 0 Å². The number of fused-ring (bicyclic) bond motifs is 1. The summed E-state index contributed by atoms with van der Waals surface area (Å²) >= 11 is 0. The van der Waals surface area contributed by atoms with Crippen LogP contribution in [0.25, 0.3) is 0 Å². The van der Waals surface area contributed by atoms with Gasteiger partial charge >= 0.3 is 0 Å². The molecular weight excluding hydrogens is 270 g/mol. The Balaban J connectivity index is 1.69. The lowest BCUT2D eigenvalue weighted by Crippen LogP contribution is -2.38. The first-order valence-corrected chi connectivity index (χ1v) is 7.48. The molecule has 2 aliphatic rings. The summed E-state index contributed by atoms with van der Waals surface area (Å²) in [5.41, 5.74) is 0.963. The second-order valence-corrected chi connectivity index (χ2v) is 5.77. The van der Waals surface area contributed by atoms with E-state index in [-0.39, 0.29) is 10.6 Å². The third-order valence-corrected chi connectivity index (χ3v) is 4.64. The lowest BCUT2D eigenvalue weighted by atomic mass is 10.1. The molecule has 1 aromatic rings. The molecule has 1 N–H and O–H groups in total. The van der Waals surface area contributed by atoms with Crippen molar-refractivity contribution in [3.63, 3.8) is 0 Å². The van der Waals surface area contributed by atoms with Gasteiger partial charge in [0.25, 0.3) is 5.69 Å². The van der Waals surface area contributed by atoms with Gasteiger partial charge in [0.05, 0.1) is 12.0 Å². The summed E-state index contributed by atoms with van der Waals surface area (Å²) in [4.78, 5) is 13.1. The van der Waals surface area contributed by atoms with Gasteiger partial charge in [-0.1, -0.05) is 0 Å². The topological polar surface area (TPSA) is 67.6 Å². The molecule has 6 heteroatoms. The first kappa shape index (κ1) is 14.3. The number of hydrogen-bond donors (Lipinski definition) is 1. The first-order chi connectivity index (χ1) is 10.2. The lowest BCUT2D eigenvalue weighted by Gasteiger charge is -2.21. The number of nitrogens with one attached hydrogen (secondary N) is 1. The van der Waals surface area contributed by atoms with E-state index in [1.807, 2.05) is 0 Å². The van der Waals surface area contributed by atoms with Gasteiger partial charge in [0.1, 0.15) is 5.75 Å². The van der Waals surface area contributed by atoms with Crippen molar-refractivity contribution in [2.45, 2.75) is 37.9 Å². The van der Waals surface area contributed by atoms with Crippen LogP contribution in [0.1, 0.15) is 24.8 Å². The monoisotopic (exact) mass is 291 g/mol. The molecular formula is C15H21N3O3. The Labute approximate surface area is 124 Å². The first-order valence-electron chi connectivity index (χ1n) is 7.48. The second-order valence-electron chi connectivity index (χ2n) is 5.77. The molecule has 0 aromatic heterocycles. The summed E-state index contributed by atoms with van der Waals surface area (Å²) in [6, 6.07) is 5.88. The van der Waals surface area contributed by atoms with Crippen LogP contribution in [0.4, 0.5) is 5.69 Å². The Morgan fingerprint density at radius 1 is 1.43 bits per heavy atom. The van der Waals surface area contributed by atoms with Crippen molar-refractivity contribution in [2.75, 3.05) is 20.2 Å². The van der Waals surface area contributed by atoms with Crippen LogP contribution in [0.15, 0.2) is 18.2 Å². The molecule has 2 saturated heterocycles. The van der Waals surface area contributed by atoms with Crippen LogP contribution in [0.2, 0.25) is 0 Å². The van der Waals surface area contributed by atoms with Crippen LogP contribution in [-0.2, 0) is 6.54 Å². The maximum Gasteiger partial charge on any atom is 0.270 e. The molecule has 0 radical (unpaired) electrons. The molecule has 2 heterocycles. The molecule has 2 aliphatic heterocycles. The number of benzene rings is 1. The Hall–Kier alpha value is -1.66. The maximum absolute atomic E-state index is 10.9. The van der Waals surface area contributed by atoms with Crippen LogP contribution < -0.4 is 10.1 Å². The van der Waals surface area contributed by atoms with E-state index in [0.29, 0.717) is 24.4 Å². The zero-order valence-electron chi connectivity index (χ0n) is 12.2. The smallest absolute Gasteiger partial charge is 0.270 e. The van der Waals surface area contributed by atoms with Crippen LogP contribution >= 0.6 is 0 Å². The van der Waals surface area contributed by atoms with E-state index in [1.165, 1.54) is 25.5 Å². The summed E-state index contributed by atoms with van der Waals surface area (Å²) < 4.78 is 5.31. The van der Waals surface area contributed by atoms with E-state index in [9.17, 15) is 10.1 Å². The van der Waals surface area contributed by atoms with Crippen molar-refractivity contribution in [1.82, 2.24) is 10.2 Å². The Morgan fingerprint density at radius 3 is 3.05 bits per heavy atom. The maximum atomic E-state index is 10.9. The molecule has 21 heavy (non-hydrogen) atoms. The number of nitro groups is 1. The summed E-state index contributed by atoms with van der Waals surface area (Å²) in [5.74, 6) is 0.703. The fraction of sp³-hybridized carbons (Fsp3) is 0.600. The molecule has 3 rings (SSSR count). The van der Waals surface area contributed by atoms with Gasteiger partial charge in [0.2, 0.25) is 0 Å². The summed E-state index contributed by atoms with van der Waals surface area (Å²) in [7, 11) is 1.60. The van der Waals surface area contributed by atoms with Gasteiger partial charge in [-0.2, -0.15) is 0 Å². The highest BCUT2D eigenvalue weighted by Gasteiger charge is 2.36. The number of non-ortho nitro benzene ring substituents is 1. The molecule has 6 nitrogen and oxygen atoms in total. The number of methoxy groups -OCH3 is 1. The van der Waals surface area contributed by atoms with Crippen molar-refractivity contribution in [3.8, 4) is 5.75 Å². The van der Waals surface area contributed by atoms with Crippen LogP contribution in [0, 0.1) is 10.1 Å². The number of rotatable bonds is 5. The summed E-state index contributed by atoms with van der Waals surface area (Å²) in [6.07, 6.45) is 3.69. The summed E-state index contributed by atoms with van der Waals surface area (Å²) in [5, 5.41) is 14.5. The zero-order valence-corrected chi connectivity index (χ0v) is 12.2. The minimum Gasteiger partial charge on any atom is -0.496 e. The van der Waals surface area contributed by atoms with Gasteiger partial charge in [-0.15, -0.1) is 0 Å². The van der Waals surface area contributed by atoms with Crippen molar-refractivity contribution >= 4 is 5.69 Å². The molecule has 0 saturated carbocycles. The van der Waals surface area contributed by atoms with Crippen molar-refractivity contribution in [1.29, 1.82) is 0 Å². The van der Waals surface area contributed by atoms with Crippen molar-refractivity contribution < 1.29 is 9.66 Å². The van der Waals surface area contributed by atoms with E-state index >= 15 is 0 Å². The molecule has 0 aliphatic carbocycles. The van der Waals surface area contributed by atoms with Crippen molar-refractivity contribution in [3.05, 3.63) is 33.9 Å². The van der Waals surface area contributed by atoms with Crippen LogP contribution in [-0.4, -0.2) is 42.1 Å². The minimum absolute atomic E-state index is 0.113. The van der Waals surface area contributed by atoms with Gasteiger partial charge < -0.3 is 10.1 Å². The second kappa shape index (κ2) is 5.99. The Morgan fingerprint density at radius 2 is 2.29 bits per heavy atom. The zero-order chi connectivity index (χ0) is 14.8. The molecule has 2 unspecified atom stereocenters. The number of nitrogens with zero attached hydrogens (tertiary/aromatic N) is 2. The van der Waals surface area contributed by atoms with E-state index < -0.39 is 0 Å². The quantitative estimate of drug-likeness (QED) is 0.663. The largest absolute Gasteiger partial charge is 0.496 e. The molecule has 2 fully saturated rings. The number of hydrogen-bond acceptors (Lipinski definition) is 5. The van der Waals surface area contributed by atoms with Gasteiger partial charge in [0.15, 0.2) is 0 Å². The van der Waals surface area contributed by atoms with E-state index in [2.05, 4.69) is 10.2 Å². The highest BCUT2D eigenvalue weighted by Crippen LogP contribution is 2.29. The average Bonchev–Trinajstić information content (AvgIpc) is 3.08. The standard InChI is InChI=1S/C15H21N3O3/c1-21-15-5-4-12(18(19)20)9-11(15)10-16-13-6-8-17-7-2-3-14(13)17/h4-5,9,13-14,16H,2-3,6-8,10H2,1H3. The normalized spacial score (nSPS) is 25.0. The minimum atomic E-state index is -0.364. The van der Waals surface area contributed by atoms with Crippen LogP contribution in [0.5, 0.6) is 5.75 Å². The predicted octanol–water partition coefficient (Wildman–Crippen LogP) is 1.93. The van der Waals surface area contributed by atoms with Crippen LogP contribution in [0.3, 0.4) is 0 Å². The third kappa shape index (κ3) is 2.87. The molecule has 2 atom stereocenters. The number of ether oxygens (including phenoxy) is 1. The van der Waals surface area contributed by atoms with E-state index in [1.54, 1.807) is 19.2 Å². The molecule has 0 amide bonds. The lowest BCUT2D eigenvalue weighted by molar-refractivity contribution is -0.384. The van der Waals surface area contributed by atoms with Gasteiger partial charge in [0, 0.05) is 42.9 Å². The van der Waals surface area contributed by atoms with Gasteiger partial charge in [-0.05, 0) is 31.9 Å². The fourth-order valence-electron chi connectivity index (χ4n) is 3.58. The third-order valence-electron chi connectivity index (χ3n) is 4.64. The molecule has 0 spiro atoms. The summed E-state index contributed by atoms with van der Waals surface area (Å²) in [6.45, 7) is 2.98. The SMILES string of the molecule is COc1ccc([N+](=O)[O-])cc1CNC1CCN2CCCC12. The van der Waals surface area contributed by atoms with E-state index in [0.717, 1.165) is 18.5 Å².